The predicted molar refractivity (Wildman–Crippen MR) is 66.1 cm³/mol. The molecule has 2 aliphatic rings. The van der Waals surface area contributed by atoms with Crippen LogP contribution in [0.2, 0.25) is 0 Å². The van der Waals surface area contributed by atoms with Crippen LogP contribution in [-0.2, 0) is 0 Å². The van der Waals surface area contributed by atoms with Crippen LogP contribution >= 0.6 is 0 Å². The molecule has 3 heterocycles. The number of fused-ring (bicyclic) bond motifs is 2. The van der Waals surface area contributed by atoms with E-state index in [0.717, 1.165) is 12.3 Å². The van der Waals surface area contributed by atoms with E-state index >= 15 is 0 Å². The van der Waals surface area contributed by atoms with Gasteiger partial charge in [0.25, 0.3) is 0 Å². The lowest BCUT2D eigenvalue weighted by Crippen LogP contribution is -2.55. The Labute approximate surface area is 102 Å². The Balaban J connectivity index is 1.82. The Morgan fingerprint density at radius 3 is 3.29 bits per heavy atom. The van der Waals surface area contributed by atoms with Crippen molar-refractivity contribution in [1.29, 1.82) is 0 Å². The lowest BCUT2D eigenvalue weighted by Gasteiger charge is -2.44. The first-order valence-corrected chi connectivity index (χ1v) is 6.33. The highest BCUT2D eigenvalue weighted by Gasteiger charge is 2.31. The monoisotopic (exact) mass is 233 g/mol. The number of pyridine rings is 1. The average Bonchev–Trinajstić information content (AvgIpc) is 2.39. The molecule has 3 atom stereocenters. The van der Waals surface area contributed by atoms with Crippen molar-refractivity contribution in [3.8, 4) is 5.75 Å². The van der Waals surface area contributed by atoms with Crippen molar-refractivity contribution in [3.63, 3.8) is 0 Å². The van der Waals surface area contributed by atoms with Crippen LogP contribution in [0.4, 0.5) is 0 Å². The van der Waals surface area contributed by atoms with Crippen LogP contribution < -0.4 is 10.1 Å². The summed E-state index contributed by atoms with van der Waals surface area (Å²) >= 11 is 0. The number of hydrogen-bond acceptors (Lipinski definition) is 4. The number of nitrogens with zero attached hydrogens (tertiary/aromatic N) is 2. The van der Waals surface area contributed by atoms with Gasteiger partial charge in [0.2, 0.25) is 0 Å². The molecule has 0 aliphatic carbocycles. The normalized spacial score (nSPS) is 32.2. The van der Waals surface area contributed by atoms with E-state index in [4.69, 9.17) is 4.74 Å². The fourth-order valence-corrected chi connectivity index (χ4v) is 2.92. The minimum absolute atomic E-state index is 0.453. The third-order valence-corrected chi connectivity index (χ3v) is 3.85. The largest absolute Gasteiger partial charge is 0.495 e. The second kappa shape index (κ2) is 4.63. The van der Waals surface area contributed by atoms with Gasteiger partial charge in [0, 0.05) is 31.4 Å². The number of methoxy groups -OCH3 is 1. The number of ether oxygens (including phenoxy) is 1. The van der Waals surface area contributed by atoms with E-state index in [1.54, 1.807) is 13.3 Å². The molecule has 3 rings (SSSR count). The number of piperidine rings is 1. The third kappa shape index (κ3) is 2.15. The van der Waals surface area contributed by atoms with Gasteiger partial charge in [0.15, 0.2) is 0 Å². The molecule has 1 aromatic rings. The SMILES string of the molecule is COc1cncc(C2CNC3CCCN2C3)c1. The van der Waals surface area contributed by atoms with E-state index < -0.39 is 0 Å². The van der Waals surface area contributed by atoms with Gasteiger partial charge in [0.05, 0.1) is 13.3 Å². The average molecular weight is 233 g/mol. The van der Waals surface area contributed by atoms with Crippen molar-refractivity contribution in [1.82, 2.24) is 15.2 Å². The van der Waals surface area contributed by atoms with Crippen LogP contribution in [0.3, 0.4) is 0 Å². The first kappa shape index (κ1) is 11.0. The summed E-state index contributed by atoms with van der Waals surface area (Å²) in [4.78, 5) is 6.83. The van der Waals surface area contributed by atoms with E-state index in [-0.39, 0.29) is 0 Å². The van der Waals surface area contributed by atoms with Gasteiger partial charge in [-0.3, -0.25) is 9.88 Å². The Hall–Kier alpha value is -1.13. The van der Waals surface area contributed by atoms with Crippen molar-refractivity contribution in [2.75, 3.05) is 26.7 Å². The highest BCUT2D eigenvalue weighted by molar-refractivity contribution is 5.27. The quantitative estimate of drug-likeness (QED) is 0.833. The smallest absolute Gasteiger partial charge is 0.137 e. The Morgan fingerprint density at radius 2 is 2.41 bits per heavy atom. The van der Waals surface area contributed by atoms with Crippen molar-refractivity contribution in [2.45, 2.75) is 24.9 Å². The van der Waals surface area contributed by atoms with E-state index in [9.17, 15) is 0 Å². The summed E-state index contributed by atoms with van der Waals surface area (Å²) in [6, 6.07) is 3.25. The predicted octanol–water partition coefficient (Wildman–Crippen LogP) is 1.20. The zero-order valence-corrected chi connectivity index (χ0v) is 10.2. The summed E-state index contributed by atoms with van der Waals surface area (Å²) in [5.74, 6) is 0.849. The molecule has 2 fully saturated rings. The van der Waals surface area contributed by atoms with Gasteiger partial charge < -0.3 is 10.1 Å². The molecule has 4 heteroatoms. The van der Waals surface area contributed by atoms with E-state index in [1.165, 1.54) is 31.5 Å². The summed E-state index contributed by atoms with van der Waals surface area (Å²) in [5, 5.41) is 3.63. The molecule has 0 aromatic carbocycles. The standard InChI is InChI=1S/C13H19N3O/c1-17-12-5-10(6-14-7-12)13-8-15-11-3-2-4-16(13)9-11/h5-7,11,13,15H,2-4,8-9H2,1H3. The fraction of sp³-hybridized carbons (Fsp3) is 0.615. The van der Waals surface area contributed by atoms with Crippen LogP contribution in [0.5, 0.6) is 5.75 Å². The molecular weight excluding hydrogens is 214 g/mol. The maximum Gasteiger partial charge on any atom is 0.137 e. The van der Waals surface area contributed by atoms with Gasteiger partial charge in [-0.25, -0.2) is 0 Å². The topological polar surface area (TPSA) is 37.4 Å². The van der Waals surface area contributed by atoms with Gasteiger partial charge >= 0.3 is 0 Å². The fourth-order valence-electron chi connectivity index (χ4n) is 2.92. The molecule has 0 amide bonds. The molecule has 2 bridgehead atoms. The maximum atomic E-state index is 5.25. The second-order valence-electron chi connectivity index (χ2n) is 4.92. The second-order valence-corrected chi connectivity index (χ2v) is 4.92. The highest BCUT2D eigenvalue weighted by atomic mass is 16.5. The van der Waals surface area contributed by atoms with Gasteiger partial charge in [-0.1, -0.05) is 0 Å². The zero-order chi connectivity index (χ0) is 11.7. The summed E-state index contributed by atoms with van der Waals surface area (Å²) in [7, 11) is 1.69. The molecule has 3 unspecified atom stereocenters. The molecule has 0 saturated carbocycles. The van der Waals surface area contributed by atoms with Crippen LogP contribution in [0, 0.1) is 0 Å². The lowest BCUT2D eigenvalue weighted by atomic mass is 9.96. The van der Waals surface area contributed by atoms with Crippen molar-refractivity contribution in [3.05, 3.63) is 24.0 Å². The molecule has 2 saturated heterocycles. The Morgan fingerprint density at radius 1 is 1.47 bits per heavy atom. The van der Waals surface area contributed by atoms with E-state index in [0.29, 0.717) is 12.1 Å². The first-order valence-electron chi connectivity index (χ1n) is 6.33. The van der Waals surface area contributed by atoms with Gasteiger partial charge in [0.1, 0.15) is 5.75 Å². The van der Waals surface area contributed by atoms with Crippen LogP contribution in [0.1, 0.15) is 24.4 Å². The lowest BCUT2D eigenvalue weighted by molar-refractivity contribution is 0.0920. The summed E-state index contributed by atoms with van der Waals surface area (Å²) < 4.78 is 5.25. The Bertz CT molecular complexity index is 396. The minimum atomic E-state index is 0.453. The van der Waals surface area contributed by atoms with Gasteiger partial charge in [-0.15, -0.1) is 0 Å². The molecule has 4 nitrogen and oxygen atoms in total. The summed E-state index contributed by atoms with van der Waals surface area (Å²) in [5.41, 5.74) is 1.26. The molecule has 1 N–H and O–H groups in total. The molecule has 0 radical (unpaired) electrons. The molecular formula is C13H19N3O. The van der Waals surface area contributed by atoms with Crippen molar-refractivity contribution < 1.29 is 4.74 Å². The zero-order valence-electron chi connectivity index (χ0n) is 10.2. The first-order chi connectivity index (χ1) is 8.36. The molecule has 1 aromatic heterocycles. The van der Waals surface area contributed by atoms with Crippen molar-refractivity contribution >= 4 is 0 Å². The highest BCUT2D eigenvalue weighted by Crippen LogP contribution is 2.29. The number of rotatable bonds is 2. The summed E-state index contributed by atoms with van der Waals surface area (Å²) in [6.45, 7) is 3.40. The maximum absolute atomic E-state index is 5.25. The molecule has 17 heavy (non-hydrogen) atoms. The number of hydrogen-bond donors (Lipinski definition) is 1. The molecule has 2 aliphatic heterocycles. The van der Waals surface area contributed by atoms with Gasteiger partial charge in [-0.05, 0) is 31.0 Å². The van der Waals surface area contributed by atoms with E-state index in [1.807, 2.05) is 6.20 Å². The molecule has 92 valence electrons. The van der Waals surface area contributed by atoms with Crippen molar-refractivity contribution in [2.24, 2.45) is 0 Å². The third-order valence-electron chi connectivity index (χ3n) is 3.85. The van der Waals surface area contributed by atoms with Gasteiger partial charge in [-0.2, -0.15) is 0 Å². The van der Waals surface area contributed by atoms with Crippen LogP contribution in [0.15, 0.2) is 18.5 Å². The number of aromatic nitrogens is 1. The van der Waals surface area contributed by atoms with E-state index in [2.05, 4.69) is 21.3 Å². The Kier molecular flexibility index (Phi) is 2.99. The number of piperazine rings is 1. The minimum Gasteiger partial charge on any atom is -0.495 e. The molecule has 0 spiro atoms. The van der Waals surface area contributed by atoms with Crippen LogP contribution in [-0.4, -0.2) is 42.7 Å². The summed E-state index contributed by atoms with van der Waals surface area (Å²) in [6.07, 6.45) is 6.34. The van der Waals surface area contributed by atoms with Crippen LogP contribution in [0.25, 0.3) is 0 Å². The number of nitrogens with one attached hydrogen (secondary N) is 1.